The van der Waals surface area contributed by atoms with E-state index in [-0.39, 0.29) is 17.5 Å². The van der Waals surface area contributed by atoms with Gasteiger partial charge in [0, 0.05) is 49.9 Å². The van der Waals surface area contributed by atoms with E-state index in [1.54, 1.807) is 18.3 Å². The molecule has 3 aromatic rings. The van der Waals surface area contributed by atoms with Crippen LogP contribution in [0, 0.1) is 10.1 Å². The summed E-state index contributed by atoms with van der Waals surface area (Å²) in [5, 5.41) is 14.7. The number of nitro benzene ring substituents is 1. The molecule has 1 N–H and O–H groups in total. The van der Waals surface area contributed by atoms with Crippen molar-refractivity contribution in [3.05, 3.63) is 93.1 Å². The van der Waals surface area contributed by atoms with Crippen molar-refractivity contribution < 1.29 is 9.72 Å². The predicted molar refractivity (Wildman–Crippen MR) is 143 cm³/mol. The van der Waals surface area contributed by atoms with E-state index in [1.807, 2.05) is 49.4 Å². The SMILES string of the molecule is CCC(C(=O)Nc1ccc(N2CCCN(Cc3cc([N+](=O)[O-])ccc3Cl)CC2)nc1)c1ccccc1. The Morgan fingerprint density at radius 3 is 2.61 bits per heavy atom. The summed E-state index contributed by atoms with van der Waals surface area (Å²) < 4.78 is 0. The Kier molecular flexibility index (Phi) is 8.51. The van der Waals surface area contributed by atoms with E-state index in [0.29, 0.717) is 23.7 Å². The van der Waals surface area contributed by atoms with Gasteiger partial charge in [0.15, 0.2) is 0 Å². The first-order valence-corrected chi connectivity index (χ1v) is 12.5. The van der Waals surface area contributed by atoms with E-state index in [2.05, 4.69) is 20.1 Å². The van der Waals surface area contributed by atoms with Gasteiger partial charge in [0.1, 0.15) is 5.82 Å². The number of nitro groups is 1. The monoisotopic (exact) mass is 507 g/mol. The maximum absolute atomic E-state index is 12.8. The second-order valence-corrected chi connectivity index (χ2v) is 9.32. The molecule has 1 aromatic heterocycles. The van der Waals surface area contributed by atoms with Gasteiger partial charge in [-0.25, -0.2) is 4.98 Å². The molecule has 1 amide bonds. The van der Waals surface area contributed by atoms with Crippen LogP contribution in [0.1, 0.15) is 36.8 Å². The van der Waals surface area contributed by atoms with Crippen LogP contribution in [0.25, 0.3) is 0 Å². The third kappa shape index (κ3) is 6.38. The summed E-state index contributed by atoms with van der Waals surface area (Å²) in [6.07, 6.45) is 3.35. The van der Waals surface area contributed by atoms with Crippen LogP contribution in [0.3, 0.4) is 0 Å². The van der Waals surface area contributed by atoms with Crippen molar-refractivity contribution in [2.24, 2.45) is 0 Å². The van der Waals surface area contributed by atoms with E-state index >= 15 is 0 Å². The lowest BCUT2D eigenvalue weighted by atomic mass is 9.95. The van der Waals surface area contributed by atoms with Gasteiger partial charge in [0.2, 0.25) is 5.91 Å². The highest BCUT2D eigenvalue weighted by atomic mass is 35.5. The van der Waals surface area contributed by atoms with Crippen molar-refractivity contribution in [2.45, 2.75) is 32.2 Å². The minimum Gasteiger partial charge on any atom is -0.355 e. The predicted octanol–water partition coefficient (Wildman–Crippen LogP) is 5.49. The third-order valence-electron chi connectivity index (χ3n) is 6.49. The first-order chi connectivity index (χ1) is 17.4. The number of nitrogens with one attached hydrogen (secondary N) is 1. The second-order valence-electron chi connectivity index (χ2n) is 8.92. The fourth-order valence-corrected chi connectivity index (χ4v) is 4.71. The molecule has 0 saturated carbocycles. The van der Waals surface area contributed by atoms with Crippen LogP contribution in [-0.4, -0.2) is 46.9 Å². The largest absolute Gasteiger partial charge is 0.355 e. The molecule has 1 fully saturated rings. The quantitative estimate of drug-likeness (QED) is 0.320. The van der Waals surface area contributed by atoms with Gasteiger partial charge < -0.3 is 10.2 Å². The maximum atomic E-state index is 12.8. The number of carbonyl (C=O) groups is 1. The molecule has 9 heteroatoms. The highest BCUT2D eigenvalue weighted by molar-refractivity contribution is 6.31. The maximum Gasteiger partial charge on any atom is 0.269 e. The highest BCUT2D eigenvalue weighted by Gasteiger charge is 2.20. The van der Waals surface area contributed by atoms with Gasteiger partial charge in [-0.15, -0.1) is 0 Å². The average molecular weight is 508 g/mol. The molecular formula is C27H30ClN5O3. The molecule has 2 aromatic carbocycles. The minimum absolute atomic E-state index is 0.0385. The van der Waals surface area contributed by atoms with Gasteiger partial charge in [-0.3, -0.25) is 19.8 Å². The van der Waals surface area contributed by atoms with Crippen molar-refractivity contribution in [1.29, 1.82) is 0 Å². The van der Waals surface area contributed by atoms with Crippen molar-refractivity contribution in [3.63, 3.8) is 0 Å². The molecular weight excluding hydrogens is 478 g/mol. The summed E-state index contributed by atoms with van der Waals surface area (Å²) in [7, 11) is 0. The number of hydrogen-bond acceptors (Lipinski definition) is 6. The summed E-state index contributed by atoms with van der Waals surface area (Å²) >= 11 is 6.30. The molecule has 1 aliphatic rings. The first kappa shape index (κ1) is 25.6. The van der Waals surface area contributed by atoms with E-state index in [1.165, 1.54) is 6.07 Å². The Morgan fingerprint density at radius 1 is 1.11 bits per heavy atom. The molecule has 0 aliphatic carbocycles. The Hall–Kier alpha value is -3.49. The molecule has 1 unspecified atom stereocenters. The van der Waals surface area contributed by atoms with Crippen molar-refractivity contribution in [2.75, 3.05) is 36.4 Å². The molecule has 4 rings (SSSR count). The topological polar surface area (TPSA) is 91.6 Å². The normalized spacial score (nSPS) is 15.2. The lowest BCUT2D eigenvalue weighted by molar-refractivity contribution is -0.384. The van der Waals surface area contributed by atoms with E-state index in [4.69, 9.17) is 11.6 Å². The number of aromatic nitrogens is 1. The molecule has 1 aliphatic heterocycles. The number of hydrogen-bond donors (Lipinski definition) is 1. The minimum atomic E-state index is -0.397. The van der Waals surface area contributed by atoms with Gasteiger partial charge in [0.25, 0.3) is 5.69 Å². The second kappa shape index (κ2) is 12.0. The number of anilines is 2. The van der Waals surface area contributed by atoms with Crippen molar-refractivity contribution >= 4 is 34.7 Å². The first-order valence-electron chi connectivity index (χ1n) is 12.2. The smallest absolute Gasteiger partial charge is 0.269 e. The molecule has 188 valence electrons. The summed E-state index contributed by atoms with van der Waals surface area (Å²) in [6.45, 7) is 5.85. The van der Waals surface area contributed by atoms with Crippen LogP contribution in [0.15, 0.2) is 66.9 Å². The number of amides is 1. The Balaban J connectivity index is 1.35. The Labute approximate surface area is 216 Å². The number of nitrogens with zero attached hydrogens (tertiary/aromatic N) is 4. The fraction of sp³-hybridized carbons (Fsp3) is 0.333. The summed E-state index contributed by atoms with van der Waals surface area (Å²) in [5.41, 5.74) is 2.49. The number of rotatable bonds is 8. The molecule has 1 atom stereocenters. The summed E-state index contributed by atoms with van der Waals surface area (Å²) in [4.78, 5) is 32.7. The van der Waals surface area contributed by atoms with Crippen LogP contribution < -0.4 is 10.2 Å². The van der Waals surface area contributed by atoms with E-state index in [0.717, 1.165) is 49.5 Å². The van der Waals surface area contributed by atoms with Crippen LogP contribution in [0.4, 0.5) is 17.2 Å². The van der Waals surface area contributed by atoms with Gasteiger partial charge in [-0.05, 0) is 42.2 Å². The zero-order valence-electron chi connectivity index (χ0n) is 20.3. The molecule has 2 heterocycles. The van der Waals surface area contributed by atoms with Crippen LogP contribution in [0.5, 0.6) is 0 Å². The zero-order valence-corrected chi connectivity index (χ0v) is 21.0. The fourth-order valence-electron chi connectivity index (χ4n) is 4.53. The summed E-state index contributed by atoms with van der Waals surface area (Å²) in [6, 6.07) is 18.2. The van der Waals surface area contributed by atoms with E-state index < -0.39 is 4.92 Å². The third-order valence-corrected chi connectivity index (χ3v) is 6.86. The molecule has 0 bridgehead atoms. The van der Waals surface area contributed by atoms with Crippen molar-refractivity contribution in [3.8, 4) is 0 Å². The number of halogens is 1. The number of non-ortho nitro benzene ring substituents is 1. The van der Waals surface area contributed by atoms with Crippen LogP contribution >= 0.6 is 11.6 Å². The molecule has 1 saturated heterocycles. The van der Waals surface area contributed by atoms with Crippen LogP contribution in [-0.2, 0) is 11.3 Å². The number of pyridine rings is 1. The highest BCUT2D eigenvalue weighted by Crippen LogP contribution is 2.25. The Bertz CT molecular complexity index is 1190. The molecule has 0 spiro atoms. The van der Waals surface area contributed by atoms with E-state index in [9.17, 15) is 14.9 Å². The lowest BCUT2D eigenvalue weighted by Gasteiger charge is -2.23. The van der Waals surface area contributed by atoms with Gasteiger partial charge >= 0.3 is 0 Å². The van der Waals surface area contributed by atoms with Gasteiger partial charge in [0.05, 0.1) is 22.7 Å². The zero-order chi connectivity index (χ0) is 25.5. The van der Waals surface area contributed by atoms with Gasteiger partial charge in [-0.1, -0.05) is 48.9 Å². The molecule has 0 radical (unpaired) electrons. The molecule has 8 nitrogen and oxygen atoms in total. The average Bonchev–Trinajstić information content (AvgIpc) is 3.12. The van der Waals surface area contributed by atoms with Crippen molar-refractivity contribution in [1.82, 2.24) is 9.88 Å². The Morgan fingerprint density at radius 2 is 1.92 bits per heavy atom. The van der Waals surface area contributed by atoms with Crippen LogP contribution in [0.2, 0.25) is 5.02 Å². The molecule has 36 heavy (non-hydrogen) atoms. The number of carbonyl (C=O) groups excluding carboxylic acids is 1. The number of benzene rings is 2. The summed E-state index contributed by atoms with van der Waals surface area (Å²) in [5.74, 6) is 0.615. The standard InChI is InChI=1S/C27H30ClN5O3/c1-2-24(20-7-4-3-5-8-20)27(34)30-22-9-12-26(29-18-22)32-14-6-13-31(15-16-32)19-21-17-23(33(35)36)10-11-25(21)28/h3-5,7-12,17-18,24H,2,6,13-16,19H2,1H3,(H,30,34). The van der Waals surface area contributed by atoms with Gasteiger partial charge in [-0.2, -0.15) is 0 Å². The lowest BCUT2D eigenvalue weighted by Crippen LogP contribution is -2.31.